The van der Waals surface area contributed by atoms with Crippen molar-refractivity contribution in [1.29, 1.82) is 0 Å². The van der Waals surface area contributed by atoms with Gasteiger partial charge in [0.15, 0.2) is 0 Å². The zero-order valence-electron chi connectivity index (χ0n) is 17.9. The van der Waals surface area contributed by atoms with Crippen LogP contribution in [0.15, 0.2) is 79.4 Å². The van der Waals surface area contributed by atoms with Crippen LogP contribution in [0, 0.1) is 0 Å². The first kappa shape index (κ1) is 21.5. The molecule has 0 saturated carbocycles. The van der Waals surface area contributed by atoms with Crippen LogP contribution >= 0.6 is 0 Å². The Hall–Kier alpha value is -4.34. The van der Waals surface area contributed by atoms with Gasteiger partial charge in [0, 0.05) is 18.0 Å². The van der Waals surface area contributed by atoms with Gasteiger partial charge in [0.05, 0.1) is 28.3 Å². The third kappa shape index (κ3) is 4.29. The lowest BCUT2D eigenvalue weighted by atomic mass is 10.1. The molecule has 5 rings (SSSR count). The number of anilines is 1. The Morgan fingerprint density at radius 2 is 1.82 bits per heavy atom. The molecule has 2 aromatic carbocycles. The van der Waals surface area contributed by atoms with Crippen molar-refractivity contribution in [2.75, 3.05) is 5.32 Å². The van der Waals surface area contributed by atoms with Gasteiger partial charge >= 0.3 is 6.18 Å². The zero-order chi connectivity index (χ0) is 23.7. The molecule has 0 fully saturated rings. The number of imidazole rings is 1. The van der Waals surface area contributed by atoms with E-state index in [-0.39, 0.29) is 0 Å². The molecule has 0 saturated heterocycles. The summed E-state index contributed by atoms with van der Waals surface area (Å²) in [6.07, 6.45) is 0.462. The second-order valence-electron chi connectivity index (χ2n) is 7.65. The molecule has 3 heterocycles. The Bertz CT molecular complexity index is 1450. The number of benzene rings is 2. The minimum atomic E-state index is -4.40. The first-order valence-corrected chi connectivity index (χ1v) is 10.4. The van der Waals surface area contributed by atoms with Crippen molar-refractivity contribution in [2.45, 2.75) is 19.1 Å². The van der Waals surface area contributed by atoms with Gasteiger partial charge < -0.3 is 5.32 Å². The molecule has 0 radical (unpaired) electrons. The Balaban J connectivity index is 1.41. The minimum absolute atomic E-state index is 0.292. The summed E-state index contributed by atoms with van der Waals surface area (Å²) in [6, 6.07) is 16.0. The predicted octanol–water partition coefficient (Wildman–Crippen LogP) is 5.46. The van der Waals surface area contributed by atoms with Crippen molar-refractivity contribution in [2.24, 2.45) is 0 Å². The lowest BCUT2D eigenvalue weighted by Crippen LogP contribution is -2.12. The summed E-state index contributed by atoms with van der Waals surface area (Å²) in [4.78, 5) is 13.2. The molecule has 1 atom stereocenters. The summed E-state index contributed by atoms with van der Waals surface area (Å²) in [7, 11) is 0. The van der Waals surface area contributed by atoms with E-state index in [1.165, 1.54) is 6.07 Å². The molecule has 7 nitrogen and oxygen atoms in total. The molecule has 0 amide bonds. The second-order valence-corrected chi connectivity index (χ2v) is 7.65. The molecule has 0 spiro atoms. The highest BCUT2D eigenvalue weighted by Crippen LogP contribution is 2.31. The van der Waals surface area contributed by atoms with Gasteiger partial charge in [-0.1, -0.05) is 18.2 Å². The van der Waals surface area contributed by atoms with E-state index >= 15 is 0 Å². The smallest absolute Gasteiger partial charge is 0.348 e. The van der Waals surface area contributed by atoms with Gasteiger partial charge in [0.2, 0.25) is 5.95 Å². The molecule has 0 bridgehead atoms. The maximum atomic E-state index is 13.1. The summed E-state index contributed by atoms with van der Waals surface area (Å²) in [5, 5.41) is 11.1. The van der Waals surface area contributed by atoms with Gasteiger partial charge in [-0.25, -0.2) is 9.97 Å². The highest BCUT2D eigenvalue weighted by Gasteiger charge is 2.30. The second kappa shape index (κ2) is 8.54. The van der Waals surface area contributed by atoms with E-state index in [4.69, 9.17) is 0 Å². The predicted molar refractivity (Wildman–Crippen MR) is 121 cm³/mol. The third-order valence-electron chi connectivity index (χ3n) is 5.36. The molecule has 0 aliphatic rings. The molecule has 34 heavy (non-hydrogen) atoms. The van der Waals surface area contributed by atoms with Crippen molar-refractivity contribution in [3.63, 3.8) is 0 Å². The third-order valence-corrected chi connectivity index (χ3v) is 5.36. The van der Waals surface area contributed by atoms with Crippen LogP contribution in [-0.2, 0) is 6.18 Å². The standard InChI is InChI=1S/C24H18F3N7/c1-15(16-4-2-5-18(12-16)24(25,26)27)31-23-28-11-9-22(32-23)34-14-29-20-13-17(7-8-21(20)34)19-6-3-10-30-33-19/h2-15H,1H3,(H,28,31,32)/t15-/m0/s1. The van der Waals surface area contributed by atoms with E-state index in [2.05, 4.69) is 30.5 Å². The lowest BCUT2D eigenvalue weighted by molar-refractivity contribution is -0.137. The van der Waals surface area contributed by atoms with Crippen molar-refractivity contribution in [3.8, 4) is 17.1 Å². The summed E-state index contributed by atoms with van der Waals surface area (Å²) < 4.78 is 41.0. The Morgan fingerprint density at radius 1 is 0.941 bits per heavy atom. The van der Waals surface area contributed by atoms with Gasteiger partial charge in [0.25, 0.3) is 0 Å². The maximum absolute atomic E-state index is 13.1. The average molecular weight is 461 g/mol. The number of nitrogens with zero attached hydrogens (tertiary/aromatic N) is 6. The first-order valence-electron chi connectivity index (χ1n) is 10.4. The zero-order valence-corrected chi connectivity index (χ0v) is 17.9. The summed E-state index contributed by atoms with van der Waals surface area (Å²) in [5.74, 6) is 0.865. The van der Waals surface area contributed by atoms with Crippen molar-refractivity contribution in [1.82, 2.24) is 29.7 Å². The molecule has 5 aromatic rings. The van der Waals surface area contributed by atoms with Gasteiger partial charge in [-0.3, -0.25) is 4.57 Å². The molecule has 0 unspecified atom stereocenters. The van der Waals surface area contributed by atoms with Crippen LogP contribution < -0.4 is 5.32 Å². The van der Waals surface area contributed by atoms with Crippen LogP contribution in [0.4, 0.5) is 19.1 Å². The number of hydrogen-bond donors (Lipinski definition) is 1. The van der Waals surface area contributed by atoms with Crippen molar-refractivity contribution in [3.05, 3.63) is 90.5 Å². The fourth-order valence-electron chi connectivity index (χ4n) is 3.62. The van der Waals surface area contributed by atoms with Crippen LogP contribution in [0.25, 0.3) is 28.1 Å². The van der Waals surface area contributed by atoms with Gasteiger partial charge in [-0.05, 0) is 55.0 Å². The largest absolute Gasteiger partial charge is 0.416 e. The van der Waals surface area contributed by atoms with Gasteiger partial charge in [0.1, 0.15) is 12.1 Å². The minimum Gasteiger partial charge on any atom is -0.348 e. The van der Waals surface area contributed by atoms with E-state index in [1.807, 2.05) is 34.9 Å². The lowest BCUT2D eigenvalue weighted by Gasteiger charge is -2.16. The number of hydrogen-bond acceptors (Lipinski definition) is 6. The van der Waals surface area contributed by atoms with E-state index in [0.29, 0.717) is 17.3 Å². The van der Waals surface area contributed by atoms with E-state index in [0.717, 1.165) is 34.4 Å². The fourth-order valence-corrected chi connectivity index (χ4v) is 3.62. The van der Waals surface area contributed by atoms with Crippen LogP contribution in [0.1, 0.15) is 24.1 Å². The number of rotatable bonds is 5. The fraction of sp³-hybridized carbons (Fsp3) is 0.125. The molecule has 1 N–H and O–H groups in total. The number of nitrogens with one attached hydrogen (secondary N) is 1. The van der Waals surface area contributed by atoms with Gasteiger partial charge in [-0.2, -0.15) is 28.4 Å². The molecule has 3 aromatic heterocycles. The number of halogens is 3. The number of fused-ring (bicyclic) bond motifs is 1. The number of aromatic nitrogens is 6. The number of alkyl halides is 3. The van der Waals surface area contributed by atoms with E-state index in [9.17, 15) is 13.2 Å². The van der Waals surface area contributed by atoms with Crippen LogP contribution in [-0.4, -0.2) is 29.7 Å². The molecular weight excluding hydrogens is 443 g/mol. The summed E-state index contributed by atoms with van der Waals surface area (Å²) in [5.41, 5.74) is 3.02. The monoisotopic (exact) mass is 461 g/mol. The maximum Gasteiger partial charge on any atom is 0.416 e. The normalized spacial score (nSPS) is 12.6. The van der Waals surface area contributed by atoms with Crippen molar-refractivity contribution < 1.29 is 13.2 Å². The van der Waals surface area contributed by atoms with E-state index in [1.54, 1.807) is 37.8 Å². The van der Waals surface area contributed by atoms with E-state index < -0.39 is 17.8 Å². The molecule has 170 valence electrons. The Morgan fingerprint density at radius 3 is 2.62 bits per heavy atom. The van der Waals surface area contributed by atoms with Gasteiger partial charge in [-0.15, -0.1) is 0 Å². The molecule has 10 heteroatoms. The highest BCUT2D eigenvalue weighted by molar-refractivity contribution is 5.82. The van der Waals surface area contributed by atoms with Crippen LogP contribution in [0.5, 0.6) is 0 Å². The van der Waals surface area contributed by atoms with Crippen LogP contribution in [0.3, 0.4) is 0 Å². The summed E-state index contributed by atoms with van der Waals surface area (Å²) in [6.45, 7) is 1.76. The summed E-state index contributed by atoms with van der Waals surface area (Å²) >= 11 is 0. The first-order chi connectivity index (χ1) is 16.4. The Kier molecular flexibility index (Phi) is 5.40. The van der Waals surface area contributed by atoms with Crippen molar-refractivity contribution >= 4 is 17.0 Å². The Labute approximate surface area is 192 Å². The SMILES string of the molecule is C[C@H](Nc1nccc(-n2cnc3cc(-c4cccnn4)ccc32)n1)c1cccc(C(F)(F)F)c1. The molecule has 0 aliphatic carbocycles. The quantitative estimate of drug-likeness (QED) is 0.374. The topological polar surface area (TPSA) is 81.4 Å². The van der Waals surface area contributed by atoms with Crippen LogP contribution in [0.2, 0.25) is 0 Å². The highest BCUT2D eigenvalue weighted by atomic mass is 19.4. The molecule has 0 aliphatic heterocycles. The average Bonchev–Trinajstić information content (AvgIpc) is 3.28. The molecular formula is C24H18F3N7.